The van der Waals surface area contributed by atoms with E-state index in [1.54, 1.807) is 36.4 Å². The van der Waals surface area contributed by atoms with Gasteiger partial charge in [0, 0.05) is 43.5 Å². The number of halogens is 2. The van der Waals surface area contributed by atoms with Gasteiger partial charge in [0.15, 0.2) is 0 Å². The molecule has 10 heteroatoms. The molecule has 2 heterocycles. The Morgan fingerprint density at radius 2 is 1.55 bits per heavy atom. The molecule has 2 amide bonds. The fourth-order valence-electron chi connectivity index (χ4n) is 3.42. The number of aromatic nitrogens is 2. The van der Waals surface area contributed by atoms with E-state index in [0.29, 0.717) is 11.4 Å². The highest BCUT2D eigenvalue weighted by molar-refractivity contribution is 6.40. The molecule has 1 saturated heterocycles. The van der Waals surface area contributed by atoms with Crippen LogP contribution in [0.2, 0.25) is 10.0 Å². The predicted octanol–water partition coefficient (Wildman–Crippen LogP) is 4.17. The van der Waals surface area contributed by atoms with Gasteiger partial charge in [0.1, 0.15) is 18.0 Å². The smallest absolute Gasteiger partial charge is 0.259 e. The summed E-state index contributed by atoms with van der Waals surface area (Å²) in [5.74, 6) is 0.320. The zero-order chi connectivity index (χ0) is 23.4. The summed E-state index contributed by atoms with van der Waals surface area (Å²) in [6.45, 7) is 3.20. The number of piperazine rings is 1. The highest BCUT2D eigenvalue weighted by atomic mass is 35.5. The zero-order valence-electron chi connectivity index (χ0n) is 17.9. The van der Waals surface area contributed by atoms with Gasteiger partial charge in [-0.2, -0.15) is 0 Å². The number of nitrogens with zero attached hydrogens (tertiary/aromatic N) is 4. The Morgan fingerprint density at radius 3 is 2.21 bits per heavy atom. The molecule has 0 bridgehead atoms. The third kappa shape index (κ3) is 5.60. The minimum absolute atomic E-state index is 0.0277. The Hall–Kier alpha value is -3.20. The Bertz CT molecular complexity index is 1140. The quantitative estimate of drug-likeness (QED) is 0.564. The predicted molar refractivity (Wildman–Crippen MR) is 130 cm³/mol. The molecule has 0 unspecified atom stereocenters. The summed E-state index contributed by atoms with van der Waals surface area (Å²) in [4.78, 5) is 37.6. The van der Waals surface area contributed by atoms with Crippen LogP contribution in [0.4, 0.5) is 17.3 Å². The molecule has 33 heavy (non-hydrogen) atoms. The molecule has 4 rings (SSSR count). The molecule has 1 aliphatic rings. The molecule has 0 aliphatic carbocycles. The number of carbonyl (C=O) groups excluding carboxylic acids is 2. The van der Waals surface area contributed by atoms with Crippen LogP contribution in [-0.4, -0.2) is 64.8 Å². The third-order valence-electron chi connectivity index (χ3n) is 5.29. The molecule has 1 aromatic heterocycles. The van der Waals surface area contributed by atoms with Crippen molar-refractivity contribution < 1.29 is 9.59 Å². The molecule has 0 saturated carbocycles. The lowest BCUT2D eigenvalue weighted by atomic mass is 10.1. The zero-order valence-corrected chi connectivity index (χ0v) is 19.4. The van der Waals surface area contributed by atoms with E-state index in [9.17, 15) is 9.59 Å². The van der Waals surface area contributed by atoms with Crippen molar-refractivity contribution in [2.45, 2.75) is 0 Å². The van der Waals surface area contributed by atoms with Crippen molar-refractivity contribution in [3.63, 3.8) is 0 Å². The summed E-state index contributed by atoms with van der Waals surface area (Å²) in [5.41, 5.74) is 1.56. The van der Waals surface area contributed by atoms with Crippen LogP contribution in [0, 0.1) is 0 Å². The van der Waals surface area contributed by atoms with E-state index in [-0.39, 0.29) is 27.3 Å². The van der Waals surface area contributed by atoms with Crippen molar-refractivity contribution in [1.29, 1.82) is 0 Å². The van der Waals surface area contributed by atoms with E-state index < -0.39 is 5.91 Å². The topological polar surface area (TPSA) is 90.5 Å². The van der Waals surface area contributed by atoms with E-state index in [4.69, 9.17) is 23.2 Å². The average Bonchev–Trinajstić information content (AvgIpc) is 2.80. The standard InChI is InChI=1S/C23H22Cl2N6O2/c1-30-9-11-31(12-10-30)23(33)15-5-7-16(8-6-15)28-19-13-20(27-14-26-19)29-22(32)21-17(24)3-2-4-18(21)25/h2-8,13-14H,9-12H2,1H3,(H2,26,27,28,29,32). The summed E-state index contributed by atoms with van der Waals surface area (Å²) >= 11 is 12.2. The summed E-state index contributed by atoms with van der Waals surface area (Å²) in [5, 5.41) is 6.32. The molecule has 2 aromatic carbocycles. The number of amides is 2. The van der Waals surface area contributed by atoms with Crippen LogP contribution in [-0.2, 0) is 0 Å². The Balaban J connectivity index is 1.41. The van der Waals surface area contributed by atoms with Gasteiger partial charge in [-0.3, -0.25) is 9.59 Å². The first-order chi connectivity index (χ1) is 15.9. The van der Waals surface area contributed by atoms with Crippen LogP contribution in [0.1, 0.15) is 20.7 Å². The van der Waals surface area contributed by atoms with Crippen molar-refractivity contribution in [3.05, 3.63) is 76.0 Å². The van der Waals surface area contributed by atoms with E-state index in [1.165, 1.54) is 6.33 Å². The van der Waals surface area contributed by atoms with Gasteiger partial charge in [-0.15, -0.1) is 0 Å². The second-order valence-electron chi connectivity index (χ2n) is 7.64. The Morgan fingerprint density at radius 1 is 0.909 bits per heavy atom. The number of anilines is 3. The number of nitrogens with one attached hydrogen (secondary N) is 2. The molecule has 1 aliphatic heterocycles. The number of hydrogen-bond donors (Lipinski definition) is 2. The normalized spacial score (nSPS) is 14.1. The third-order valence-corrected chi connectivity index (χ3v) is 5.92. The molecular weight excluding hydrogens is 463 g/mol. The summed E-state index contributed by atoms with van der Waals surface area (Å²) in [7, 11) is 2.05. The first-order valence-electron chi connectivity index (χ1n) is 10.3. The van der Waals surface area contributed by atoms with Crippen LogP contribution in [0.15, 0.2) is 54.9 Å². The van der Waals surface area contributed by atoms with Crippen LogP contribution in [0.25, 0.3) is 0 Å². The van der Waals surface area contributed by atoms with Gasteiger partial charge in [0.05, 0.1) is 15.6 Å². The molecule has 1 fully saturated rings. The van der Waals surface area contributed by atoms with Crippen molar-refractivity contribution in [2.24, 2.45) is 0 Å². The van der Waals surface area contributed by atoms with Crippen LogP contribution in [0.5, 0.6) is 0 Å². The van der Waals surface area contributed by atoms with Gasteiger partial charge in [0.2, 0.25) is 0 Å². The van der Waals surface area contributed by atoms with E-state index >= 15 is 0 Å². The minimum atomic E-state index is -0.470. The van der Waals surface area contributed by atoms with Crippen molar-refractivity contribution in [2.75, 3.05) is 43.9 Å². The van der Waals surface area contributed by atoms with Crippen molar-refractivity contribution in [3.8, 4) is 0 Å². The second kappa shape index (κ2) is 10.2. The fourth-order valence-corrected chi connectivity index (χ4v) is 3.99. The molecule has 3 aromatic rings. The lowest BCUT2D eigenvalue weighted by Crippen LogP contribution is -2.47. The molecule has 0 atom stereocenters. The lowest BCUT2D eigenvalue weighted by molar-refractivity contribution is 0.0664. The maximum atomic E-state index is 12.7. The second-order valence-corrected chi connectivity index (χ2v) is 8.45. The van der Waals surface area contributed by atoms with E-state index in [0.717, 1.165) is 31.9 Å². The number of rotatable bonds is 5. The number of benzene rings is 2. The first-order valence-corrected chi connectivity index (χ1v) is 11.1. The first kappa shape index (κ1) is 23.0. The molecule has 0 radical (unpaired) electrons. The SMILES string of the molecule is CN1CCN(C(=O)c2ccc(Nc3cc(NC(=O)c4c(Cl)cccc4Cl)ncn3)cc2)CC1. The molecule has 2 N–H and O–H groups in total. The monoisotopic (exact) mass is 484 g/mol. The van der Waals surface area contributed by atoms with Crippen molar-refractivity contribution >= 4 is 52.3 Å². The summed E-state index contributed by atoms with van der Waals surface area (Å²) in [6, 6.07) is 13.6. The Labute approximate surface area is 201 Å². The lowest BCUT2D eigenvalue weighted by Gasteiger charge is -2.32. The van der Waals surface area contributed by atoms with Gasteiger partial charge in [-0.25, -0.2) is 9.97 Å². The van der Waals surface area contributed by atoms with Gasteiger partial charge in [-0.05, 0) is 43.4 Å². The van der Waals surface area contributed by atoms with Crippen LogP contribution in [0.3, 0.4) is 0 Å². The number of carbonyl (C=O) groups is 2. The molecular formula is C23H22Cl2N6O2. The molecule has 8 nitrogen and oxygen atoms in total. The number of hydrogen-bond acceptors (Lipinski definition) is 6. The van der Waals surface area contributed by atoms with Gasteiger partial charge < -0.3 is 20.4 Å². The van der Waals surface area contributed by atoms with Gasteiger partial charge in [0.25, 0.3) is 11.8 Å². The Kier molecular flexibility index (Phi) is 7.08. The highest BCUT2D eigenvalue weighted by Gasteiger charge is 2.20. The summed E-state index contributed by atoms with van der Waals surface area (Å²) in [6.07, 6.45) is 1.33. The van der Waals surface area contributed by atoms with E-state index in [1.807, 2.05) is 17.0 Å². The summed E-state index contributed by atoms with van der Waals surface area (Å²) < 4.78 is 0. The highest BCUT2D eigenvalue weighted by Crippen LogP contribution is 2.25. The number of likely N-dealkylation sites (N-methyl/N-ethyl adjacent to an activating group) is 1. The van der Waals surface area contributed by atoms with Gasteiger partial charge >= 0.3 is 0 Å². The van der Waals surface area contributed by atoms with E-state index in [2.05, 4.69) is 32.5 Å². The average molecular weight is 485 g/mol. The largest absolute Gasteiger partial charge is 0.340 e. The molecule has 0 spiro atoms. The fraction of sp³-hybridized carbons (Fsp3) is 0.217. The minimum Gasteiger partial charge on any atom is -0.340 e. The van der Waals surface area contributed by atoms with Crippen LogP contribution >= 0.6 is 23.2 Å². The van der Waals surface area contributed by atoms with Crippen LogP contribution < -0.4 is 10.6 Å². The molecule has 170 valence electrons. The maximum Gasteiger partial charge on any atom is 0.259 e. The van der Waals surface area contributed by atoms with Gasteiger partial charge in [-0.1, -0.05) is 29.3 Å². The van der Waals surface area contributed by atoms with Crippen molar-refractivity contribution in [1.82, 2.24) is 19.8 Å². The maximum absolute atomic E-state index is 12.7.